The van der Waals surface area contributed by atoms with Gasteiger partial charge in [-0.05, 0) is 50.1 Å². The van der Waals surface area contributed by atoms with Gasteiger partial charge in [-0.1, -0.05) is 64.4 Å². The van der Waals surface area contributed by atoms with Crippen LogP contribution in [0, 0.1) is 11.8 Å². The topological polar surface area (TPSA) is 373 Å². The molecule has 0 aliphatic rings. The van der Waals surface area contributed by atoms with E-state index in [1.165, 1.54) is 6.92 Å². The van der Waals surface area contributed by atoms with Gasteiger partial charge in [0.1, 0.15) is 42.3 Å². The smallest absolute Gasteiger partial charge is 0.327 e. The number of carbonyl (C=O) groups excluding carboxylic acids is 8. The summed E-state index contributed by atoms with van der Waals surface area (Å²) in [6.07, 6.45) is -0.298. The second-order valence-electron chi connectivity index (χ2n) is 15.4. The highest BCUT2D eigenvalue weighted by molar-refractivity contribution is 7.80. The van der Waals surface area contributed by atoms with Gasteiger partial charge in [0.05, 0.1) is 18.9 Å². The van der Waals surface area contributed by atoms with Crippen molar-refractivity contribution in [2.45, 2.75) is 128 Å². The first-order chi connectivity index (χ1) is 29.6. The molecule has 1 rings (SSSR count). The Bertz CT molecular complexity index is 1750. The Balaban J connectivity index is 3.30. The third-order valence-electron chi connectivity index (χ3n) is 9.85. The number of carboxylic acid groups (broad SMARTS) is 2. The predicted molar refractivity (Wildman–Crippen MR) is 232 cm³/mol. The minimum absolute atomic E-state index is 0.0200. The molecule has 0 aromatic heterocycles. The summed E-state index contributed by atoms with van der Waals surface area (Å²) in [5, 5.41) is 36.2. The van der Waals surface area contributed by atoms with Gasteiger partial charge in [-0.25, -0.2) is 4.79 Å². The van der Waals surface area contributed by atoms with E-state index < -0.39 is 132 Å². The maximum atomic E-state index is 14.0. The van der Waals surface area contributed by atoms with Gasteiger partial charge in [-0.2, -0.15) is 12.6 Å². The number of amides is 8. The summed E-state index contributed by atoms with van der Waals surface area (Å²) in [6, 6.07) is -2.32. The fourth-order valence-electron chi connectivity index (χ4n) is 5.92. The molecule has 0 heterocycles. The zero-order valence-corrected chi connectivity index (χ0v) is 37.1. The predicted octanol–water partition coefficient (Wildman–Crippen LogP) is -2.83. The molecular formula is C40H64N10O12S. The highest BCUT2D eigenvalue weighted by Gasteiger charge is 2.36. The molecule has 1 aromatic rings. The summed E-state index contributed by atoms with van der Waals surface area (Å²) < 4.78 is 0. The van der Waals surface area contributed by atoms with Gasteiger partial charge >= 0.3 is 11.9 Å². The first kappa shape index (κ1) is 55.2. The molecule has 0 unspecified atom stereocenters. The van der Waals surface area contributed by atoms with Crippen molar-refractivity contribution in [3.05, 3.63) is 35.9 Å². The molecule has 8 amide bonds. The first-order valence-corrected chi connectivity index (χ1v) is 21.2. The molecule has 63 heavy (non-hydrogen) atoms. The Morgan fingerprint density at radius 2 is 1.16 bits per heavy atom. The normalized spacial score (nSPS) is 15.3. The molecule has 0 saturated carbocycles. The second-order valence-corrected chi connectivity index (χ2v) is 15.8. The van der Waals surface area contributed by atoms with E-state index in [0.717, 1.165) is 0 Å². The minimum atomic E-state index is -1.71. The molecule has 0 spiro atoms. The van der Waals surface area contributed by atoms with Crippen LogP contribution in [-0.2, 0) is 54.4 Å². The monoisotopic (exact) mass is 908 g/mol. The van der Waals surface area contributed by atoms with Crippen LogP contribution in [0.2, 0.25) is 0 Å². The van der Waals surface area contributed by atoms with Crippen LogP contribution < -0.4 is 54.4 Å². The van der Waals surface area contributed by atoms with E-state index in [0.29, 0.717) is 24.8 Å². The molecular weight excluding hydrogens is 845 g/mol. The van der Waals surface area contributed by atoms with Crippen LogP contribution in [0.25, 0.3) is 0 Å². The lowest BCUT2D eigenvalue weighted by Crippen LogP contribution is -2.61. The summed E-state index contributed by atoms with van der Waals surface area (Å²) in [6.45, 7) is 8.24. The van der Waals surface area contributed by atoms with E-state index in [1.54, 1.807) is 58.0 Å². The van der Waals surface area contributed by atoms with Crippen LogP contribution >= 0.6 is 12.6 Å². The quantitative estimate of drug-likeness (QED) is 0.0285. The van der Waals surface area contributed by atoms with Crippen molar-refractivity contribution in [2.24, 2.45) is 29.0 Å². The van der Waals surface area contributed by atoms with Crippen molar-refractivity contribution in [3.63, 3.8) is 0 Å². The zero-order valence-electron chi connectivity index (χ0n) is 36.2. The SMILES string of the molecule is CC[C@H](C)[C@H](NC(=O)[C@H](CCCCN)NC(=O)[C@H](C)NC(=O)[C@H](CC(=O)O)NC(=O)[C@@H](N)CC(N)=O)C(=O)N[C@H](C(=O)N[C@@H](Cc1ccccc1)C(=O)N[C@@H](CS)C(=O)O)C(C)C. The average Bonchev–Trinajstić information content (AvgIpc) is 3.21. The van der Waals surface area contributed by atoms with Gasteiger partial charge in [-0.15, -0.1) is 0 Å². The molecule has 23 heteroatoms. The number of carbonyl (C=O) groups is 10. The van der Waals surface area contributed by atoms with Gasteiger partial charge in [0.2, 0.25) is 47.3 Å². The highest BCUT2D eigenvalue weighted by Crippen LogP contribution is 2.13. The second kappa shape index (κ2) is 28.0. The van der Waals surface area contributed by atoms with E-state index in [2.05, 4.69) is 49.8 Å². The number of nitrogens with one attached hydrogen (secondary N) is 7. The molecule has 0 bridgehead atoms. The van der Waals surface area contributed by atoms with Crippen molar-refractivity contribution < 1.29 is 58.2 Å². The Hall–Kier alpha value is -5.81. The minimum Gasteiger partial charge on any atom is -0.481 e. The Morgan fingerprint density at radius 3 is 1.68 bits per heavy atom. The van der Waals surface area contributed by atoms with E-state index in [-0.39, 0.29) is 25.1 Å². The number of hydrogen-bond acceptors (Lipinski definition) is 13. The summed E-state index contributed by atoms with van der Waals surface area (Å²) in [5.41, 5.74) is 17.0. The number of nitrogens with two attached hydrogens (primary N) is 3. The maximum Gasteiger partial charge on any atom is 0.327 e. The Kier molecular flexibility index (Phi) is 24.5. The molecule has 0 aliphatic carbocycles. The molecule has 352 valence electrons. The van der Waals surface area contributed by atoms with Crippen molar-refractivity contribution in [1.82, 2.24) is 37.2 Å². The lowest BCUT2D eigenvalue weighted by atomic mass is 9.95. The number of primary amides is 1. The third-order valence-corrected chi connectivity index (χ3v) is 10.2. The number of thiol groups is 1. The molecule has 0 saturated heterocycles. The van der Waals surface area contributed by atoms with Crippen LogP contribution in [0.15, 0.2) is 30.3 Å². The van der Waals surface area contributed by atoms with Crippen molar-refractivity contribution in [3.8, 4) is 0 Å². The molecule has 22 nitrogen and oxygen atoms in total. The fourth-order valence-corrected chi connectivity index (χ4v) is 6.17. The van der Waals surface area contributed by atoms with Crippen LogP contribution in [-0.4, -0.2) is 130 Å². The number of aliphatic carboxylic acids is 2. The van der Waals surface area contributed by atoms with Gasteiger partial charge < -0.3 is 64.6 Å². The molecule has 0 aliphatic heterocycles. The summed E-state index contributed by atoms with van der Waals surface area (Å²) in [7, 11) is 0. The third kappa shape index (κ3) is 19.8. The summed E-state index contributed by atoms with van der Waals surface area (Å²) >= 11 is 4.00. The molecule has 1 aromatic carbocycles. The van der Waals surface area contributed by atoms with Gasteiger partial charge in [0.25, 0.3) is 0 Å². The number of benzene rings is 1. The van der Waals surface area contributed by atoms with E-state index in [1.807, 2.05) is 0 Å². The van der Waals surface area contributed by atoms with Crippen LogP contribution in [0.3, 0.4) is 0 Å². The van der Waals surface area contributed by atoms with Gasteiger partial charge in [0.15, 0.2) is 0 Å². The molecule has 0 fully saturated rings. The largest absolute Gasteiger partial charge is 0.481 e. The summed E-state index contributed by atoms with van der Waals surface area (Å²) in [4.78, 5) is 128. The zero-order chi connectivity index (χ0) is 48.0. The van der Waals surface area contributed by atoms with E-state index in [9.17, 15) is 58.2 Å². The lowest BCUT2D eigenvalue weighted by Gasteiger charge is -2.30. The highest BCUT2D eigenvalue weighted by atomic mass is 32.1. The van der Waals surface area contributed by atoms with Crippen LogP contribution in [0.5, 0.6) is 0 Å². The van der Waals surface area contributed by atoms with Crippen LogP contribution in [0.4, 0.5) is 0 Å². The Labute approximate surface area is 371 Å². The Morgan fingerprint density at radius 1 is 0.635 bits per heavy atom. The molecule has 15 N–H and O–H groups in total. The standard InChI is InChI=1S/C40H64N10O12S/c1-6-21(4)32(39(60)49-31(20(2)3)38(59)47-26(16-23-12-8-7-9-13-23)37(58)48-28(19-63)40(61)62)50-35(56)25(14-10-11-15-41)45-33(54)22(5)44-36(57)27(18-30(52)53)46-34(55)24(42)17-29(43)51/h7-9,12-13,20-22,24-28,31-32,63H,6,10-11,14-19,41-42H2,1-5H3,(H2,43,51)(H,44,57)(H,45,54)(H,46,55)(H,47,59)(H,48,58)(H,49,60)(H,50,56)(H,52,53)(H,61,62)/t21-,22-,24-,25-,26-,27-,28-,31-,32-/m0/s1. The number of rotatable bonds is 29. The lowest BCUT2D eigenvalue weighted by molar-refractivity contribution is -0.142. The van der Waals surface area contributed by atoms with Crippen LogP contribution in [0.1, 0.15) is 78.7 Å². The average molecular weight is 909 g/mol. The number of hydrogen-bond donors (Lipinski definition) is 13. The van der Waals surface area contributed by atoms with E-state index in [4.69, 9.17) is 17.2 Å². The molecule has 0 radical (unpaired) electrons. The molecule has 9 atom stereocenters. The van der Waals surface area contributed by atoms with Gasteiger partial charge in [-0.3, -0.25) is 43.2 Å². The van der Waals surface area contributed by atoms with Gasteiger partial charge in [0, 0.05) is 12.2 Å². The van der Waals surface area contributed by atoms with E-state index >= 15 is 0 Å². The van der Waals surface area contributed by atoms with Crippen molar-refractivity contribution in [1.29, 1.82) is 0 Å². The fraction of sp³-hybridized carbons (Fsp3) is 0.600. The van der Waals surface area contributed by atoms with Crippen molar-refractivity contribution >= 4 is 71.8 Å². The first-order valence-electron chi connectivity index (χ1n) is 20.5. The summed E-state index contributed by atoms with van der Waals surface area (Å²) in [5.74, 6) is -11.1. The number of carboxylic acids is 2. The van der Waals surface area contributed by atoms with Crippen molar-refractivity contribution in [2.75, 3.05) is 12.3 Å². The number of unbranched alkanes of at least 4 members (excludes halogenated alkanes) is 1. The maximum absolute atomic E-state index is 14.0.